The Labute approximate surface area is 119 Å². The van der Waals surface area contributed by atoms with Crippen LogP contribution in [-0.2, 0) is 0 Å². The lowest BCUT2D eigenvalue weighted by molar-refractivity contribution is 1.44. The largest absolute Gasteiger partial charge is 0.136 e. The molecule has 0 unspecified atom stereocenters. The van der Waals surface area contributed by atoms with Gasteiger partial charge in [-0.3, -0.25) is 0 Å². The van der Waals surface area contributed by atoms with Crippen molar-refractivity contribution in [3.8, 4) is 10.4 Å². The number of benzene rings is 1. The van der Waals surface area contributed by atoms with Crippen molar-refractivity contribution in [2.24, 2.45) is 0 Å². The Bertz CT molecular complexity index is 543. The predicted molar refractivity (Wildman–Crippen MR) is 81.8 cm³/mol. The standard InChI is InChI=1S/C14H12BrClS/c1-10(9-16)7-13-5-6-14(17-13)11-3-2-4-12(15)8-11/h2-8H,9H2,1H3. The van der Waals surface area contributed by atoms with Crippen molar-refractivity contribution < 1.29 is 0 Å². The molecular weight excluding hydrogens is 316 g/mol. The van der Waals surface area contributed by atoms with Crippen molar-refractivity contribution in [3.05, 3.63) is 51.3 Å². The Morgan fingerprint density at radius 3 is 2.88 bits per heavy atom. The molecule has 0 saturated carbocycles. The minimum atomic E-state index is 0.587. The van der Waals surface area contributed by atoms with Crippen LogP contribution in [0, 0.1) is 0 Å². The van der Waals surface area contributed by atoms with Crippen molar-refractivity contribution >= 4 is 44.9 Å². The molecule has 88 valence electrons. The Balaban J connectivity index is 2.30. The van der Waals surface area contributed by atoms with Gasteiger partial charge in [-0.05, 0) is 42.8 Å². The zero-order chi connectivity index (χ0) is 12.3. The molecule has 0 atom stereocenters. The third-order valence-corrected chi connectivity index (χ3v) is 4.33. The SMILES string of the molecule is CC(=Cc1ccc(-c2cccc(Br)c2)s1)CCl. The topological polar surface area (TPSA) is 0 Å². The highest BCUT2D eigenvalue weighted by Crippen LogP contribution is 2.30. The Morgan fingerprint density at radius 1 is 1.35 bits per heavy atom. The second-order valence-electron chi connectivity index (χ2n) is 3.84. The molecule has 0 aliphatic rings. The van der Waals surface area contributed by atoms with E-state index in [-0.39, 0.29) is 0 Å². The summed E-state index contributed by atoms with van der Waals surface area (Å²) in [7, 11) is 0. The van der Waals surface area contributed by atoms with E-state index < -0.39 is 0 Å². The van der Waals surface area contributed by atoms with Crippen LogP contribution in [0.2, 0.25) is 0 Å². The second kappa shape index (κ2) is 5.85. The maximum atomic E-state index is 5.78. The third-order valence-electron chi connectivity index (χ3n) is 2.34. The molecule has 1 heterocycles. The molecule has 2 aromatic rings. The van der Waals surface area contributed by atoms with E-state index in [0.717, 1.165) is 4.47 Å². The predicted octanol–water partition coefficient (Wildman–Crippen LogP) is 5.82. The van der Waals surface area contributed by atoms with Gasteiger partial charge in [0.25, 0.3) is 0 Å². The van der Waals surface area contributed by atoms with Crippen LogP contribution in [0.25, 0.3) is 16.5 Å². The first kappa shape index (κ1) is 12.9. The first-order valence-electron chi connectivity index (χ1n) is 5.28. The number of thiophene rings is 1. The summed E-state index contributed by atoms with van der Waals surface area (Å²) in [6.07, 6.45) is 2.14. The third kappa shape index (κ3) is 3.44. The average Bonchev–Trinajstić information content (AvgIpc) is 2.77. The normalized spacial score (nSPS) is 11.8. The van der Waals surface area contributed by atoms with Crippen molar-refractivity contribution in [1.82, 2.24) is 0 Å². The summed E-state index contributed by atoms with van der Waals surface area (Å²) in [5.41, 5.74) is 2.43. The number of rotatable bonds is 3. The lowest BCUT2D eigenvalue weighted by Gasteiger charge is -1.97. The van der Waals surface area contributed by atoms with Crippen molar-refractivity contribution in [2.75, 3.05) is 5.88 Å². The average molecular weight is 328 g/mol. The van der Waals surface area contributed by atoms with Crippen LogP contribution >= 0.6 is 38.9 Å². The van der Waals surface area contributed by atoms with Crippen LogP contribution in [0.15, 0.2) is 46.4 Å². The van der Waals surface area contributed by atoms with Gasteiger partial charge in [-0.15, -0.1) is 22.9 Å². The van der Waals surface area contributed by atoms with Crippen LogP contribution in [0.4, 0.5) is 0 Å². The number of allylic oxidation sites excluding steroid dienone is 1. The number of halogens is 2. The molecule has 17 heavy (non-hydrogen) atoms. The van der Waals surface area contributed by atoms with Gasteiger partial charge in [0.15, 0.2) is 0 Å². The van der Waals surface area contributed by atoms with Gasteiger partial charge >= 0.3 is 0 Å². The molecule has 3 heteroatoms. The van der Waals surface area contributed by atoms with Gasteiger partial charge in [-0.25, -0.2) is 0 Å². The highest BCUT2D eigenvalue weighted by Gasteiger charge is 2.02. The molecule has 0 spiro atoms. The zero-order valence-electron chi connectivity index (χ0n) is 9.41. The maximum Gasteiger partial charge on any atom is 0.0434 e. The van der Waals surface area contributed by atoms with E-state index in [2.05, 4.69) is 52.3 Å². The molecule has 0 saturated heterocycles. The quantitative estimate of drug-likeness (QED) is 0.623. The monoisotopic (exact) mass is 326 g/mol. The molecule has 0 nitrogen and oxygen atoms in total. The Kier molecular flexibility index (Phi) is 4.43. The van der Waals surface area contributed by atoms with Gasteiger partial charge in [0.2, 0.25) is 0 Å². The lowest BCUT2D eigenvalue weighted by Crippen LogP contribution is -1.73. The number of hydrogen-bond acceptors (Lipinski definition) is 1. The van der Waals surface area contributed by atoms with Crippen LogP contribution in [0.1, 0.15) is 11.8 Å². The van der Waals surface area contributed by atoms with E-state index in [1.54, 1.807) is 11.3 Å². The maximum absolute atomic E-state index is 5.78. The molecule has 1 aromatic carbocycles. The molecule has 1 aromatic heterocycles. The van der Waals surface area contributed by atoms with Gasteiger partial charge in [0, 0.05) is 20.1 Å². The van der Waals surface area contributed by atoms with Gasteiger partial charge in [-0.1, -0.05) is 33.6 Å². The van der Waals surface area contributed by atoms with E-state index >= 15 is 0 Å². The molecule has 0 aliphatic carbocycles. The van der Waals surface area contributed by atoms with Crippen LogP contribution in [-0.4, -0.2) is 5.88 Å². The fourth-order valence-electron chi connectivity index (χ4n) is 1.51. The van der Waals surface area contributed by atoms with E-state index in [1.165, 1.54) is 20.9 Å². The van der Waals surface area contributed by atoms with Crippen LogP contribution in [0.3, 0.4) is 0 Å². The summed E-state index contributed by atoms with van der Waals surface area (Å²) >= 11 is 11.1. The minimum absolute atomic E-state index is 0.587. The van der Waals surface area contributed by atoms with Crippen molar-refractivity contribution in [2.45, 2.75) is 6.92 Å². The first-order chi connectivity index (χ1) is 8.19. The summed E-state index contributed by atoms with van der Waals surface area (Å²) in [4.78, 5) is 2.53. The van der Waals surface area contributed by atoms with Crippen LogP contribution < -0.4 is 0 Å². The van der Waals surface area contributed by atoms with Gasteiger partial charge < -0.3 is 0 Å². The fraction of sp³-hybridized carbons (Fsp3) is 0.143. The minimum Gasteiger partial charge on any atom is -0.136 e. The molecule has 0 bridgehead atoms. The van der Waals surface area contributed by atoms with Gasteiger partial charge in [0.05, 0.1) is 0 Å². The summed E-state index contributed by atoms with van der Waals surface area (Å²) in [5.74, 6) is 0.587. The van der Waals surface area contributed by atoms with Gasteiger partial charge in [-0.2, -0.15) is 0 Å². The van der Waals surface area contributed by atoms with Crippen LogP contribution in [0.5, 0.6) is 0 Å². The molecule has 2 rings (SSSR count). The van der Waals surface area contributed by atoms with Crippen molar-refractivity contribution in [1.29, 1.82) is 0 Å². The number of alkyl halides is 1. The molecule has 0 fully saturated rings. The molecular formula is C14H12BrClS. The number of hydrogen-bond donors (Lipinski definition) is 0. The van der Waals surface area contributed by atoms with E-state index in [0.29, 0.717) is 5.88 Å². The first-order valence-corrected chi connectivity index (χ1v) is 7.42. The van der Waals surface area contributed by atoms with Gasteiger partial charge in [0.1, 0.15) is 0 Å². The second-order valence-corrected chi connectivity index (χ2v) is 6.13. The fourth-order valence-corrected chi connectivity index (χ4v) is 3.02. The van der Waals surface area contributed by atoms with Crippen molar-refractivity contribution in [3.63, 3.8) is 0 Å². The van der Waals surface area contributed by atoms with E-state index in [4.69, 9.17) is 11.6 Å². The smallest absolute Gasteiger partial charge is 0.0434 e. The summed E-state index contributed by atoms with van der Waals surface area (Å²) in [6, 6.07) is 12.6. The Hall–Kier alpha value is -0.570. The molecule has 0 N–H and O–H groups in total. The van der Waals surface area contributed by atoms with E-state index in [9.17, 15) is 0 Å². The zero-order valence-corrected chi connectivity index (χ0v) is 12.6. The highest BCUT2D eigenvalue weighted by atomic mass is 79.9. The molecule has 0 radical (unpaired) electrons. The summed E-state index contributed by atoms with van der Waals surface area (Å²) < 4.78 is 1.11. The molecule has 0 amide bonds. The molecule has 0 aliphatic heterocycles. The van der Waals surface area contributed by atoms with E-state index in [1.807, 2.05) is 13.0 Å². The highest BCUT2D eigenvalue weighted by molar-refractivity contribution is 9.10. The summed E-state index contributed by atoms with van der Waals surface area (Å²) in [6.45, 7) is 2.05. The lowest BCUT2D eigenvalue weighted by atomic mass is 10.2. The summed E-state index contributed by atoms with van der Waals surface area (Å²) in [5, 5.41) is 0. The Morgan fingerprint density at radius 2 is 2.18 bits per heavy atom.